The standard InChI is InChI=1S/C19H19N3OS2/c23-18(21-13-9-11-5-6-12(10-13)20-11)16-7-8-17(24-16)19-22-14-3-1-2-4-15(14)25-19/h1-4,7-8,11-13,20H,5-6,9-10H2,(H,21,23). The minimum atomic E-state index is 0.0589. The van der Waals surface area contributed by atoms with E-state index < -0.39 is 0 Å². The predicted molar refractivity (Wildman–Crippen MR) is 103 cm³/mol. The van der Waals surface area contributed by atoms with Gasteiger partial charge < -0.3 is 10.6 Å². The van der Waals surface area contributed by atoms with Gasteiger partial charge >= 0.3 is 0 Å². The van der Waals surface area contributed by atoms with Crippen LogP contribution in [0, 0.1) is 0 Å². The molecule has 2 bridgehead atoms. The summed E-state index contributed by atoms with van der Waals surface area (Å²) in [5.41, 5.74) is 1.02. The van der Waals surface area contributed by atoms with E-state index in [1.807, 2.05) is 30.3 Å². The molecule has 5 rings (SSSR count). The summed E-state index contributed by atoms with van der Waals surface area (Å²) in [6, 6.07) is 13.6. The molecule has 128 valence electrons. The molecule has 0 spiro atoms. The highest BCUT2D eigenvalue weighted by Crippen LogP contribution is 2.34. The Balaban J connectivity index is 1.32. The van der Waals surface area contributed by atoms with Crippen LogP contribution in [-0.2, 0) is 0 Å². The second-order valence-corrected chi connectivity index (χ2v) is 9.04. The molecule has 2 atom stereocenters. The number of rotatable bonds is 3. The first-order chi connectivity index (χ1) is 12.2. The van der Waals surface area contributed by atoms with E-state index in [4.69, 9.17) is 0 Å². The van der Waals surface area contributed by atoms with Crippen molar-refractivity contribution >= 4 is 38.8 Å². The van der Waals surface area contributed by atoms with Gasteiger partial charge in [-0.1, -0.05) is 12.1 Å². The largest absolute Gasteiger partial charge is 0.348 e. The average molecular weight is 370 g/mol. The lowest BCUT2D eigenvalue weighted by atomic mass is 10.00. The Morgan fingerprint density at radius 2 is 1.88 bits per heavy atom. The number of para-hydroxylation sites is 1. The number of amides is 1. The maximum absolute atomic E-state index is 12.6. The summed E-state index contributed by atoms with van der Waals surface area (Å²) in [4.78, 5) is 19.2. The van der Waals surface area contributed by atoms with Crippen LogP contribution in [0.4, 0.5) is 0 Å². The zero-order valence-electron chi connectivity index (χ0n) is 13.7. The Morgan fingerprint density at radius 1 is 1.08 bits per heavy atom. The summed E-state index contributed by atoms with van der Waals surface area (Å²) >= 11 is 3.21. The number of nitrogens with one attached hydrogen (secondary N) is 2. The highest BCUT2D eigenvalue weighted by atomic mass is 32.1. The van der Waals surface area contributed by atoms with Crippen LogP contribution in [0.1, 0.15) is 35.4 Å². The molecule has 0 radical (unpaired) electrons. The molecule has 25 heavy (non-hydrogen) atoms. The zero-order chi connectivity index (χ0) is 16.8. The van der Waals surface area contributed by atoms with Crippen LogP contribution in [0.15, 0.2) is 36.4 Å². The number of nitrogens with zero attached hydrogens (tertiary/aromatic N) is 1. The molecule has 2 aliphatic rings. The Kier molecular flexibility index (Phi) is 3.84. The number of aromatic nitrogens is 1. The lowest BCUT2D eigenvalue weighted by Gasteiger charge is -2.29. The number of piperidine rings is 1. The molecule has 2 aliphatic heterocycles. The van der Waals surface area contributed by atoms with E-state index in [9.17, 15) is 4.79 Å². The molecule has 2 aromatic heterocycles. The number of hydrogen-bond acceptors (Lipinski definition) is 5. The SMILES string of the molecule is O=C(NC1CC2CCC(C1)N2)c1ccc(-c2nc3ccccc3s2)s1. The number of thiazole rings is 1. The minimum absolute atomic E-state index is 0.0589. The van der Waals surface area contributed by atoms with Crippen molar-refractivity contribution in [1.29, 1.82) is 0 Å². The van der Waals surface area contributed by atoms with Crippen molar-refractivity contribution in [3.8, 4) is 9.88 Å². The van der Waals surface area contributed by atoms with Crippen molar-refractivity contribution in [1.82, 2.24) is 15.6 Å². The highest BCUT2D eigenvalue weighted by molar-refractivity contribution is 7.26. The number of benzene rings is 1. The maximum Gasteiger partial charge on any atom is 0.261 e. The quantitative estimate of drug-likeness (QED) is 0.733. The second-order valence-electron chi connectivity index (χ2n) is 6.93. The molecule has 6 heteroatoms. The molecule has 0 aliphatic carbocycles. The molecule has 4 nitrogen and oxygen atoms in total. The monoisotopic (exact) mass is 369 g/mol. The summed E-state index contributed by atoms with van der Waals surface area (Å²) in [5, 5.41) is 7.85. The molecule has 1 aromatic carbocycles. The summed E-state index contributed by atoms with van der Waals surface area (Å²) in [6.07, 6.45) is 4.60. The van der Waals surface area contributed by atoms with Gasteiger partial charge in [-0.2, -0.15) is 0 Å². The summed E-state index contributed by atoms with van der Waals surface area (Å²) in [6.45, 7) is 0. The van der Waals surface area contributed by atoms with E-state index in [2.05, 4.69) is 21.7 Å². The van der Waals surface area contributed by atoms with Crippen molar-refractivity contribution in [2.24, 2.45) is 0 Å². The Morgan fingerprint density at radius 3 is 2.68 bits per heavy atom. The second kappa shape index (κ2) is 6.20. The fraction of sp³-hybridized carbons (Fsp3) is 0.368. The first kappa shape index (κ1) is 15.5. The van der Waals surface area contributed by atoms with Crippen LogP contribution in [0.25, 0.3) is 20.1 Å². The van der Waals surface area contributed by atoms with Crippen LogP contribution in [0.3, 0.4) is 0 Å². The summed E-state index contributed by atoms with van der Waals surface area (Å²) < 4.78 is 1.18. The van der Waals surface area contributed by atoms with E-state index in [1.54, 1.807) is 11.3 Å². The van der Waals surface area contributed by atoms with E-state index in [1.165, 1.54) is 28.9 Å². The number of carbonyl (C=O) groups excluding carboxylic acids is 1. The van der Waals surface area contributed by atoms with Gasteiger partial charge in [-0.25, -0.2) is 4.98 Å². The minimum Gasteiger partial charge on any atom is -0.348 e. The number of hydrogen-bond donors (Lipinski definition) is 2. The molecule has 0 saturated carbocycles. The fourth-order valence-corrected chi connectivity index (χ4v) is 5.91. The number of thiophene rings is 1. The van der Waals surface area contributed by atoms with E-state index >= 15 is 0 Å². The lowest BCUT2D eigenvalue weighted by molar-refractivity contribution is 0.0928. The van der Waals surface area contributed by atoms with Crippen molar-refractivity contribution < 1.29 is 4.79 Å². The van der Waals surface area contributed by atoms with Gasteiger partial charge in [-0.05, 0) is 49.9 Å². The molecular weight excluding hydrogens is 350 g/mol. The number of carbonyl (C=O) groups is 1. The van der Waals surface area contributed by atoms with Crippen molar-refractivity contribution in [3.63, 3.8) is 0 Å². The Labute approximate surface area is 154 Å². The third kappa shape index (κ3) is 2.99. The normalized spacial score (nSPS) is 25.4. The molecule has 3 aromatic rings. The van der Waals surface area contributed by atoms with Gasteiger partial charge in [-0.15, -0.1) is 22.7 Å². The Bertz CT molecular complexity index is 887. The van der Waals surface area contributed by atoms with Gasteiger partial charge in [0.1, 0.15) is 5.01 Å². The van der Waals surface area contributed by atoms with Gasteiger partial charge in [0.25, 0.3) is 5.91 Å². The van der Waals surface area contributed by atoms with Crippen molar-refractivity contribution in [2.45, 2.75) is 43.8 Å². The smallest absolute Gasteiger partial charge is 0.261 e. The van der Waals surface area contributed by atoms with Crippen molar-refractivity contribution in [3.05, 3.63) is 41.3 Å². The van der Waals surface area contributed by atoms with Crippen LogP contribution in [-0.4, -0.2) is 29.0 Å². The molecule has 2 fully saturated rings. The topological polar surface area (TPSA) is 54.0 Å². The zero-order valence-corrected chi connectivity index (χ0v) is 15.3. The van der Waals surface area contributed by atoms with E-state index in [0.717, 1.165) is 33.1 Å². The molecular formula is C19H19N3OS2. The summed E-state index contributed by atoms with van der Waals surface area (Å²) in [7, 11) is 0. The maximum atomic E-state index is 12.6. The first-order valence-corrected chi connectivity index (χ1v) is 10.4. The third-order valence-electron chi connectivity index (χ3n) is 5.14. The predicted octanol–water partition coefficient (Wildman–Crippen LogP) is 4.04. The Hall–Kier alpha value is -1.76. The molecule has 4 heterocycles. The van der Waals surface area contributed by atoms with Gasteiger partial charge in [-0.3, -0.25) is 4.79 Å². The molecule has 2 saturated heterocycles. The van der Waals surface area contributed by atoms with Crippen LogP contribution in [0.5, 0.6) is 0 Å². The molecule has 1 amide bonds. The molecule has 2 N–H and O–H groups in total. The third-order valence-corrected chi connectivity index (χ3v) is 7.43. The van der Waals surface area contributed by atoms with Crippen molar-refractivity contribution in [2.75, 3.05) is 0 Å². The summed E-state index contributed by atoms with van der Waals surface area (Å²) in [5.74, 6) is 0.0589. The van der Waals surface area contributed by atoms with Gasteiger partial charge in [0.15, 0.2) is 0 Å². The van der Waals surface area contributed by atoms with E-state index in [-0.39, 0.29) is 5.91 Å². The lowest BCUT2D eigenvalue weighted by Crippen LogP contribution is -2.47. The first-order valence-electron chi connectivity index (χ1n) is 8.77. The van der Waals surface area contributed by atoms with Crippen LogP contribution >= 0.6 is 22.7 Å². The number of fused-ring (bicyclic) bond motifs is 3. The van der Waals surface area contributed by atoms with Gasteiger partial charge in [0, 0.05) is 18.1 Å². The van der Waals surface area contributed by atoms with Gasteiger partial charge in [0.2, 0.25) is 0 Å². The van der Waals surface area contributed by atoms with Crippen LogP contribution < -0.4 is 10.6 Å². The molecule has 2 unspecified atom stereocenters. The van der Waals surface area contributed by atoms with Crippen LogP contribution in [0.2, 0.25) is 0 Å². The average Bonchev–Trinajstić information content (AvgIpc) is 3.32. The highest BCUT2D eigenvalue weighted by Gasteiger charge is 2.34. The fourth-order valence-electron chi connectivity index (χ4n) is 3.98. The van der Waals surface area contributed by atoms with E-state index in [0.29, 0.717) is 18.1 Å². The van der Waals surface area contributed by atoms with Gasteiger partial charge in [0.05, 0.1) is 20.0 Å².